The van der Waals surface area contributed by atoms with Crippen molar-refractivity contribution in [2.75, 3.05) is 11.4 Å². The molecule has 0 aliphatic carbocycles. The molecule has 1 N–H and O–H groups in total. The molecule has 0 saturated carbocycles. The molecule has 1 aromatic rings. The molecule has 0 aromatic carbocycles. The van der Waals surface area contributed by atoms with Gasteiger partial charge < -0.3 is 10.2 Å². The maximum absolute atomic E-state index is 9.17. The summed E-state index contributed by atoms with van der Waals surface area (Å²) in [6, 6.07) is 5.57. The van der Waals surface area contributed by atoms with E-state index >= 15 is 0 Å². The van der Waals surface area contributed by atoms with Crippen LogP contribution in [-0.4, -0.2) is 29.7 Å². The fourth-order valence-corrected chi connectivity index (χ4v) is 3.97. The van der Waals surface area contributed by atoms with Crippen LogP contribution in [0.25, 0.3) is 0 Å². The van der Waals surface area contributed by atoms with Gasteiger partial charge in [-0.25, -0.2) is 4.98 Å². The van der Waals surface area contributed by atoms with Crippen molar-refractivity contribution >= 4 is 17.4 Å². The average Bonchev–Trinajstić information content (AvgIpc) is 2.84. The highest BCUT2D eigenvalue weighted by Crippen LogP contribution is 2.35. The summed E-state index contributed by atoms with van der Waals surface area (Å²) >= 11 is 6.40. The van der Waals surface area contributed by atoms with Crippen LogP contribution >= 0.6 is 11.6 Å². The molecule has 2 bridgehead atoms. The zero-order valence-electron chi connectivity index (χ0n) is 12.3. The fourth-order valence-electron chi connectivity index (χ4n) is 3.70. The molecule has 2 unspecified atom stereocenters. The van der Waals surface area contributed by atoms with E-state index in [9.17, 15) is 0 Å². The normalized spacial score (nSPS) is 27.4. The predicted molar refractivity (Wildman–Crippen MR) is 84.6 cm³/mol. The summed E-state index contributed by atoms with van der Waals surface area (Å²) in [5, 5.41) is 13.3. The molecule has 2 saturated heterocycles. The van der Waals surface area contributed by atoms with Crippen LogP contribution < -0.4 is 10.2 Å². The minimum Gasteiger partial charge on any atom is -0.352 e. The topological polar surface area (TPSA) is 52.0 Å². The number of fused-ring (bicyclic) bond motifs is 2. The number of hydrogen-bond donors (Lipinski definition) is 1. The molecular formula is C16H21ClN4. The molecule has 0 spiro atoms. The van der Waals surface area contributed by atoms with E-state index in [0.29, 0.717) is 28.7 Å². The van der Waals surface area contributed by atoms with Gasteiger partial charge in [0.05, 0.1) is 5.56 Å². The van der Waals surface area contributed by atoms with Crippen LogP contribution in [0, 0.1) is 11.3 Å². The van der Waals surface area contributed by atoms with E-state index in [1.165, 1.54) is 12.8 Å². The summed E-state index contributed by atoms with van der Waals surface area (Å²) in [5.41, 5.74) is 0.514. The summed E-state index contributed by atoms with van der Waals surface area (Å²) in [6.45, 7) is 3.11. The Hall–Kier alpha value is -1.31. The second kappa shape index (κ2) is 6.21. The van der Waals surface area contributed by atoms with Crippen molar-refractivity contribution in [1.82, 2.24) is 10.3 Å². The first kappa shape index (κ1) is 14.6. The Balaban J connectivity index is 1.89. The molecule has 1 aromatic heterocycles. The number of rotatable bonds is 4. The largest absolute Gasteiger partial charge is 0.352 e. The van der Waals surface area contributed by atoms with Crippen LogP contribution in [0.5, 0.6) is 0 Å². The van der Waals surface area contributed by atoms with E-state index in [4.69, 9.17) is 16.9 Å². The van der Waals surface area contributed by atoms with Gasteiger partial charge in [-0.2, -0.15) is 5.26 Å². The van der Waals surface area contributed by atoms with Crippen molar-refractivity contribution in [3.05, 3.63) is 22.8 Å². The van der Waals surface area contributed by atoms with Gasteiger partial charge in [-0.15, -0.1) is 0 Å². The third kappa shape index (κ3) is 2.86. The average molecular weight is 305 g/mol. The number of nitrogens with one attached hydrogen (secondary N) is 1. The lowest BCUT2D eigenvalue weighted by atomic mass is 9.97. The van der Waals surface area contributed by atoms with E-state index in [-0.39, 0.29) is 0 Å². The SMILES string of the molecule is CCCN(c1nccc(C#N)c1Cl)C1CC2CCC(C1)N2. The van der Waals surface area contributed by atoms with Crippen molar-refractivity contribution in [1.29, 1.82) is 5.26 Å². The molecular weight excluding hydrogens is 284 g/mol. The zero-order valence-corrected chi connectivity index (χ0v) is 13.1. The summed E-state index contributed by atoms with van der Waals surface area (Å²) < 4.78 is 0. The van der Waals surface area contributed by atoms with Crippen LogP contribution in [0.15, 0.2) is 12.3 Å². The highest BCUT2D eigenvalue weighted by atomic mass is 35.5. The molecule has 3 rings (SSSR count). The quantitative estimate of drug-likeness (QED) is 0.928. The molecule has 3 heterocycles. The van der Waals surface area contributed by atoms with Crippen molar-refractivity contribution in [2.24, 2.45) is 0 Å². The van der Waals surface area contributed by atoms with Gasteiger partial charge in [0.25, 0.3) is 0 Å². The van der Waals surface area contributed by atoms with E-state index in [2.05, 4.69) is 28.2 Å². The second-order valence-electron chi connectivity index (χ2n) is 6.06. The Morgan fingerprint density at radius 3 is 2.76 bits per heavy atom. The third-order valence-electron chi connectivity index (χ3n) is 4.62. The highest BCUT2D eigenvalue weighted by molar-refractivity contribution is 6.34. The molecule has 4 nitrogen and oxygen atoms in total. The third-order valence-corrected chi connectivity index (χ3v) is 4.99. The Labute approximate surface area is 131 Å². The predicted octanol–water partition coefficient (Wildman–Crippen LogP) is 3.11. The van der Waals surface area contributed by atoms with E-state index in [0.717, 1.165) is 31.6 Å². The van der Waals surface area contributed by atoms with Gasteiger partial charge in [-0.05, 0) is 38.2 Å². The molecule has 21 heavy (non-hydrogen) atoms. The zero-order chi connectivity index (χ0) is 14.8. The van der Waals surface area contributed by atoms with E-state index < -0.39 is 0 Å². The lowest BCUT2D eigenvalue weighted by Gasteiger charge is -2.38. The van der Waals surface area contributed by atoms with Crippen LogP contribution in [0.3, 0.4) is 0 Å². The highest BCUT2D eigenvalue weighted by Gasteiger charge is 2.36. The van der Waals surface area contributed by atoms with Gasteiger partial charge in [0, 0.05) is 30.9 Å². The minimum atomic E-state index is 0.475. The first-order valence-corrected chi connectivity index (χ1v) is 8.18. The monoisotopic (exact) mass is 304 g/mol. The molecule has 2 atom stereocenters. The fraction of sp³-hybridized carbons (Fsp3) is 0.625. The van der Waals surface area contributed by atoms with Gasteiger partial charge >= 0.3 is 0 Å². The van der Waals surface area contributed by atoms with Crippen molar-refractivity contribution < 1.29 is 0 Å². The van der Waals surface area contributed by atoms with E-state index in [1.807, 2.05) is 0 Å². The summed E-state index contributed by atoms with van der Waals surface area (Å²) in [5.74, 6) is 0.781. The number of aromatic nitrogens is 1. The van der Waals surface area contributed by atoms with Crippen molar-refractivity contribution in [3.63, 3.8) is 0 Å². The summed E-state index contributed by atoms with van der Waals surface area (Å²) in [7, 11) is 0. The molecule has 2 aliphatic rings. The Bertz CT molecular complexity index is 542. The van der Waals surface area contributed by atoms with Gasteiger partial charge in [0.1, 0.15) is 16.9 Å². The number of pyridine rings is 1. The number of nitriles is 1. The lowest BCUT2D eigenvalue weighted by Crippen LogP contribution is -2.49. The van der Waals surface area contributed by atoms with Crippen LogP contribution in [0.2, 0.25) is 5.02 Å². The maximum atomic E-state index is 9.17. The smallest absolute Gasteiger partial charge is 0.148 e. The molecule has 2 fully saturated rings. The second-order valence-corrected chi connectivity index (χ2v) is 6.44. The van der Waals surface area contributed by atoms with Gasteiger partial charge in [-0.1, -0.05) is 18.5 Å². The lowest BCUT2D eigenvalue weighted by molar-refractivity contribution is 0.345. The van der Waals surface area contributed by atoms with Gasteiger partial charge in [0.2, 0.25) is 0 Å². The van der Waals surface area contributed by atoms with Gasteiger partial charge in [-0.3, -0.25) is 0 Å². The van der Waals surface area contributed by atoms with Crippen LogP contribution in [-0.2, 0) is 0 Å². The standard InChI is InChI=1S/C16H21ClN4/c1-2-7-21(14-8-12-3-4-13(9-14)20-12)16-15(17)11(10-18)5-6-19-16/h5-6,12-14,20H,2-4,7-9H2,1H3. The van der Waals surface area contributed by atoms with Crippen LogP contribution in [0.1, 0.15) is 44.6 Å². The first-order chi connectivity index (χ1) is 10.2. The minimum absolute atomic E-state index is 0.475. The number of anilines is 1. The Kier molecular flexibility index (Phi) is 4.32. The molecule has 0 amide bonds. The Morgan fingerprint density at radius 1 is 1.43 bits per heavy atom. The van der Waals surface area contributed by atoms with Crippen molar-refractivity contribution in [3.8, 4) is 6.07 Å². The van der Waals surface area contributed by atoms with E-state index in [1.54, 1.807) is 12.3 Å². The molecule has 5 heteroatoms. The summed E-state index contributed by atoms with van der Waals surface area (Å²) in [4.78, 5) is 6.80. The van der Waals surface area contributed by atoms with Crippen molar-refractivity contribution in [2.45, 2.75) is 57.2 Å². The summed E-state index contributed by atoms with van der Waals surface area (Å²) in [6.07, 6.45) is 7.59. The maximum Gasteiger partial charge on any atom is 0.148 e. The number of hydrogen-bond acceptors (Lipinski definition) is 4. The number of halogens is 1. The van der Waals surface area contributed by atoms with Gasteiger partial charge in [0.15, 0.2) is 0 Å². The number of piperidine rings is 1. The van der Waals surface area contributed by atoms with Crippen LogP contribution in [0.4, 0.5) is 5.82 Å². The first-order valence-electron chi connectivity index (χ1n) is 7.80. The Morgan fingerprint density at radius 2 is 2.14 bits per heavy atom. The molecule has 112 valence electrons. The number of nitrogens with zero attached hydrogens (tertiary/aromatic N) is 3. The molecule has 0 radical (unpaired) electrons. The molecule has 2 aliphatic heterocycles.